The van der Waals surface area contributed by atoms with Crippen LogP contribution < -0.4 is 0 Å². The van der Waals surface area contributed by atoms with E-state index in [1.165, 1.54) is 51.0 Å². The molecule has 0 unspecified atom stereocenters. The minimum atomic E-state index is -0.127. The molecule has 1 saturated carbocycles. The fraction of sp³-hybridized carbons (Fsp3) is 0.600. The van der Waals surface area contributed by atoms with Crippen LogP contribution in [0.2, 0.25) is 0 Å². The van der Waals surface area contributed by atoms with Gasteiger partial charge in [-0.15, -0.1) is 0 Å². The van der Waals surface area contributed by atoms with Gasteiger partial charge in [0.1, 0.15) is 5.82 Å². The Morgan fingerprint density at radius 1 is 1.18 bits per heavy atom. The number of halogens is 2. The maximum Gasteiger partial charge on any atom is 0.126 e. The van der Waals surface area contributed by atoms with Crippen molar-refractivity contribution in [3.8, 4) is 0 Å². The maximum absolute atomic E-state index is 14.2. The van der Waals surface area contributed by atoms with Crippen molar-refractivity contribution in [3.05, 3.63) is 47.5 Å². The molecular weight excluding hydrogens is 278 g/mol. The summed E-state index contributed by atoms with van der Waals surface area (Å²) in [7, 11) is 0. The zero-order chi connectivity index (χ0) is 15.8. The summed E-state index contributed by atoms with van der Waals surface area (Å²) in [5.74, 6) is 1.28. The van der Waals surface area contributed by atoms with Gasteiger partial charge in [0.25, 0.3) is 0 Å². The van der Waals surface area contributed by atoms with Crippen LogP contribution in [0.5, 0.6) is 0 Å². The third-order valence-electron chi connectivity index (χ3n) is 5.03. The van der Waals surface area contributed by atoms with Crippen molar-refractivity contribution >= 4 is 0 Å². The topological polar surface area (TPSA) is 0 Å². The zero-order valence-corrected chi connectivity index (χ0v) is 13.7. The van der Waals surface area contributed by atoms with E-state index in [9.17, 15) is 8.78 Å². The second-order valence-corrected chi connectivity index (χ2v) is 6.61. The molecule has 1 fully saturated rings. The summed E-state index contributed by atoms with van der Waals surface area (Å²) in [6.45, 7) is 2.25. The number of aryl methyl sites for hydroxylation is 1. The Labute approximate surface area is 133 Å². The summed E-state index contributed by atoms with van der Waals surface area (Å²) in [5.41, 5.74) is 1.84. The van der Waals surface area contributed by atoms with Crippen LogP contribution in [0.15, 0.2) is 30.6 Å². The third kappa shape index (κ3) is 4.93. The van der Waals surface area contributed by atoms with Crippen LogP contribution in [0.1, 0.15) is 75.3 Å². The molecule has 1 aromatic carbocycles. The van der Waals surface area contributed by atoms with E-state index in [4.69, 9.17) is 0 Å². The lowest BCUT2D eigenvalue weighted by atomic mass is 9.77. The van der Waals surface area contributed by atoms with E-state index in [1.807, 2.05) is 6.07 Å². The van der Waals surface area contributed by atoms with E-state index >= 15 is 0 Å². The normalized spacial score (nSPS) is 22.3. The first-order valence-electron chi connectivity index (χ1n) is 8.78. The second-order valence-electron chi connectivity index (χ2n) is 6.61. The molecular formula is C20H28F2. The fourth-order valence-corrected chi connectivity index (χ4v) is 3.60. The number of hydrogen-bond donors (Lipinski definition) is 0. The van der Waals surface area contributed by atoms with Crippen molar-refractivity contribution < 1.29 is 8.78 Å². The molecule has 1 aliphatic rings. The Morgan fingerprint density at radius 3 is 2.59 bits per heavy atom. The summed E-state index contributed by atoms with van der Waals surface area (Å²) < 4.78 is 26.1. The molecule has 0 heterocycles. The van der Waals surface area contributed by atoms with Crippen molar-refractivity contribution in [1.82, 2.24) is 0 Å². The highest BCUT2D eigenvalue weighted by Crippen LogP contribution is 2.38. The molecule has 0 spiro atoms. The van der Waals surface area contributed by atoms with Gasteiger partial charge in [0.15, 0.2) is 0 Å². The summed E-state index contributed by atoms with van der Waals surface area (Å²) in [4.78, 5) is 0. The Hall–Kier alpha value is -1.18. The number of benzene rings is 1. The minimum Gasteiger partial charge on any atom is -0.216 e. The summed E-state index contributed by atoms with van der Waals surface area (Å²) in [6, 6.07) is 5.68. The standard InChI is InChI=1S/C20H28F2/c1-2-3-6-16-8-10-17(11-9-16)19-13-12-18(20(22)15-19)7-4-5-14-21/h5,12-17H,2-4,6-11H2,1H3/b14-5+. The monoisotopic (exact) mass is 306 g/mol. The predicted molar refractivity (Wildman–Crippen MR) is 89.2 cm³/mol. The third-order valence-corrected chi connectivity index (χ3v) is 5.03. The molecule has 1 aromatic rings. The van der Waals surface area contributed by atoms with Gasteiger partial charge in [-0.05, 0) is 67.6 Å². The Bertz CT molecular complexity index is 471. The molecule has 0 aromatic heterocycles. The van der Waals surface area contributed by atoms with Crippen LogP contribution >= 0.6 is 0 Å². The average molecular weight is 306 g/mol. The Morgan fingerprint density at radius 2 is 1.95 bits per heavy atom. The van der Waals surface area contributed by atoms with E-state index in [2.05, 4.69) is 13.0 Å². The number of allylic oxidation sites excluding steroid dienone is 1. The molecule has 2 rings (SSSR count). The van der Waals surface area contributed by atoms with Gasteiger partial charge in [-0.3, -0.25) is 0 Å². The Balaban J connectivity index is 1.89. The van der Waals surface area contributed by atoms with Crippen molar-refractivity contribution in [2.45, 2.75) is 70.6 Å². The van der Waals surface area contributed by atoms with Crippen LogP contribution in [0, 0.1) is 11.7 Å². The minimum absolute atomic E-state index is 0.127. The lowest BCUT2D eigenvalue weighted by molar-refractivity contribution is 0.304. The maximum atomic E-state index is 14.2. The average Bonchev–Trinajstić information content (AvgIpc) is 2.55. The van der Waals surface area contributed by atoms with Gasteiger partial charge >= 0.3 is 0 Å². The highest BCUT2D eigenvalue weighted by molar-refractivity contribution is 5.27. The van der Waals surface area contributed by atoms with E-state index in [0.29, 0.717) is 30.7 Å². The molecule has 0 bridgehead atoms. The summed E-state index contributed by atoms with van der Waals surface area (Å²) in [6.07, 6.45) is 12.0. The molecule has 2 heteroatoms. The first kappa shape index (κ1) is 17.2. The van der Waals surface area contributed by atoms with Gasteiger partial charge in [0.2, 0.25) is 0 Å². The van der Waals surface area contributed by atoms with E-state index in [0.717, 1.165) is 11.5 Å². The zero-order valence-electron chi connectivity index (χ0n) is 13.7. The number of rotatable bonds is 7. The first-order chi connectivity index (χ1) is 10.7. The van der Waals surface area contributed by atoms with Crippen LogP contribution in [0.4, 0.5) is 8.78 Å². The largest absolute Gasteiger partial charge is 0.216 e. The van der Waals surface area contributed by atoms with Gasteiger partial charge in [0, 0.05) is 0 Å². The van der Waals surface area contributed by atoms with Crippen LogP contribution in [-0.2, 0) is 6.42 Å². The van der Waals surface area contributed by atoms with Gasteiger partial charge in [-0.25, -0.2) is 8.78 Å². The second kappa shape index (κ2) is 9.07. The van der Waals surface area contributed by atoms with Gasteiger partial charge in [-0.1, -0.05) is 44.4 Å². The van der Waals surface area contributed by atoms with Crippen molar-refractivity contribution in [3.63, 3.8) is 0 Å². The fourth-order valence-electron chi connectivity index (χ4n) is 3.60. The van der Waals surface area contributed by atoms with E-state index in [-0.39, 0.29) is 5.82 Å². The van der Waals surface area contributed by atoms with Gasteiger partial charge < -0.3 is 0 Å². The Kier molecular flexibility index (Phi) is 7.08. The number of hydrogen-bond acceptors (Lipinski definition) is 0. The van der Waals surface area contributed by atoms with Crippen LogP contribution in [-0.4, -0.2) is 0 Å². The lowest BCUT2D eigenvalue weighted by Crippen LogP contribution is -2.13. The molecule has 22 heavy (non-hydrogen) atoms. The molecule has 0 saturated heterocycles. The molecule has 0 amide bonds. The molecule has 0 radical (unpaired) electrons. The van der Waals surface area contributed by atoms with E-state index < -0.39 is 0 Å². The van der Waals surface area contributed by atoms with Crippen molar-refractivity contribution in [1.29, 1.82) is 0 Å². The summed E-state index contributed by atoms with van der Waals surface area (Å²) in [5, 5.41) is 0. The molecule has 1 aliphatic carbocycles. The predicted octanol–water partition coefficient (Wildman–Crippen LogP) is 6.71. The van der Waals surface area contributed by atoms with E-state index in [1.54, 1.807) is 6.07 Å². The molecule has 0 atom stereocenters. The highest BCUT2D eigenvalue weighted by Gasteiger charge is 2.22. The van der Waals surface area contributed by atoms with Gasteiger partial charge in [0.05, 0.1) is 6.33 Å². The molecule has 0 N–H and O–H groups in total. The van der Waals surface area contributed by atoms with Gasteiger partial charge in [-0.2, -0.15) is 0 Å². The lowest BCUT2D eigenvalue weighted by Gasteiger charge is -2.29. The quantitative estimate of drug-likeness (QED) is 0.525. The van der Waals surface area contributed by atoms with Crippen molar-refractivity contribution in [2.75, 3.05) is 0 Å². The molecule has 122 valence electrons. The van der Waals surface area contributed by atoms with Crippen LogP contribution in [0.3, 0.4) is 0 Å². The molecule has 0 nitrogen and oxygen atoms in total. The van der Waals surface area contributed by atoms with Crippen LogP contribution in [0.25, 0.3) is 0 Å². The summed E-state index contributed by atoms with van der Waals surface area (Å²) >= 11 is 0. The highest BCUT2D eigenvalue weighted by atomic mass is 19.1. The van der Waals surface area contributed by atoms with Crippen molar-refractivity contribution in [2.24, 2.45) is 5.92 Å². The number of unbranched alkanes of at least 4 members (excludes halogenated alkanes) is 1. The smallest absolute Gasteiger partial charge is 0.126 e. The molecule has 0 aliphatic heterocycles. The first-order valence-corrected chi connectivity index (χ1v) is 8.78. The SMILES string of the molecule is CCCCC1CCC(c2ccc(CC/C=C/F)c(F)c2)CC1.